The second kappa shape index (κ2) is 15.5. The maximum absolute atomic E-state index is 12.9. The van der Waals surface area contributed by atoms with Gasteiger partial charge in [-0.3, -0.25) is 28.4 Å². The van der Waals surface area contributed by atoms with Gasteiger partial charge in [0.1, 0.15) is 24.8 Å². The quantitative estimate of drug-likeness (QED) is 0.113. The Labute approximate surface area is 294 Å². The highest BCUT2D eigenvalue weighted by atomic mass is 31.2. The Morgan fingerprint density at radius 1 is 1.20 bits per heavy atom. The molecule has 2 aliphatic heterocycles. The first-order chi connectivity index (χ1) is 24.4. The highest BCUT2D eigenvalue weighted by Gasteiger charge is 2.37. The van der Waals surface area contributed by atoms with Crippen molar-refractivity contribution in [2.24, 2.45) is 0 Å². The van der Waals surface area contributed by atoms with Crippen LogP contribution in [0, 0.1) is 18.8 Å². The number of anilines is 1. The Hall–Kier alpha value is -4.33. The van der Waals surface area contributed by atoms with Gasteiger partial charge in [-0.25, -0.2) is 4.98 Å². The third kappa shape index (κ3) is 8.43. The molecule has 17 heteroatoms. The number of imidazole rings is 1. The van der Waals surface area contributed by atoms with E-state index in [2.05, 4.69) is 75.0 Å². The number of nitrogens with one attached hydrogen (secondary N) is 1. The molecule has 16 nitrogen and oxygen atoms in total. The number of aliphatic hydroxyl groups excluding tert-OH is 1. The number of hydrogen-bond donors (Lipinski definition) is 3. The molecular weight excluding hydrogens is 679 g/mol. The number of likely N-dealkylation sites (N-methyl/N-ethyl adjacent to an activating group) is 2. The molecule has 5 heterocycles. The van der Waals surface area contributed by atoms with Crippen molar-refractivity contribution in [1.82, 2.24) is 33.7 Å². The standard InChI is InChI=1S/C34H43N8O8P/c1-22-36-13-14-42(22)51(46,47)49-21-28-27(43)16-29(50-28)41-17-24(31-32(41)37-34(35)38-33(31)45)11-7-8-12-30(44)48-20-26-19-39(2)25(18-40(26)3)15-23-9-5-4-6-10-23/h4-6,9-10,13-14,17,25-29,43H,8,12,15-16,18-21H2,1-3H3,(H,46,47)(H3,35,37,38,45)/p-1/t25?,26?,27?,28-,29-/m1/s1. The monoisotopic (exact) mass is 721 g/mol. The Balaban J connectivity index is 1.05. The van der Waals surface area contributed by atoms with Gasteiger partial charge in [0.15, 0.2) is 5.65 Å². The first-order valence-corrected chi connectivity index (χ1v) is 18.2. The molecule has 2 aliphatic rings. The summed E-state index contributed by atoms with van der Waals surface area (Å²) in [6.07, 6.45) is 2.51. The summed E-state index contributed by atoms with van der Waals surface area (Å²) in [5.74, 6) is 5.64. The molecule has 51 heavy (non-hydrogen) atoms. The molecule has 0 spiro atoms. The zero-order chi connectivity index (χ0) is 36.3. The van der Waals surface area contributed by atoms with Crippen molar-refractivity contribution in [1.29, 1.82) is 0 Å². The van der Waals surface area contributed by atoms with Crippen LogP contribution in [0.5, 0.6) is 0 Å². The van der Waals surface area contributed by atoms with Crippen LogP contribution in [-0.4, -0.2) is 109 Å². The van der Waals surface area contributed by atoms with E-state index < -0.39 is 38.3 Å². The first-order valence-electron chi connectivity index (χ1n) is 16.7. The van der Waals surface area contributed by atoms with Gasteiger partial charge >= 0.3 is 5.97 Å². The molecule has 0 bridgehead atoms. The fourth-order valence-corrected chi connectivity index (χ4v) is 7.58. The fourth-order valence-electron chi connectivity index (χ4n) is 6.49. The number of fused-ring (bicyclic) bond motifs is 1. The van der Waals surface area contributed by atoms with E-state index in [1.54, 1.807) is 6.20 Å². The second-order valence-corrected chi connectivity index (χ2v) is 14.6. The van der Waals surface area contributed by atoms with Gasteiger partial charge in [0.05, 0.1) is 36.1 Å². The summed E-state index contributed by atoms with van der Waals surface area (Å²) in [7, 11) is -0.380. The molecule has 2 saturated heterocycles. The summed E-state index contributed by atoms with van der Waals surface area (Å²) in [6.45, 7) is 2.98. The van der Waals surface area contributed by atoms with E-state index in [1.165, 1.54) is 29.4 Å². The SMILES string of the molecule is Cc1nccn1P(=O)([O-])OC[C@H]1O[C@@H](n2cc(C#CCCC(=O)OCC3CN(C)C(Cc4ccccc4)CN3C)c3c(=O)[nH]c(N)nc32)CC1O. The molecule has 2 fully saturated rings. The molecule has 0 radical (unpaired) electrons. The average molecular weight is 722 g/mol. The number of hydrogen-bond acceptors (Lipinski definition) is 13. The van der Waals surface area contributed by atoms with Crippen molar-refractivity contribution >= 4 is 30.7 Å². The van der Waals surface area contributed by atoms with E-state index in [4.69, 9.17) is 19.7 Å². The molecule has 272 valence electrons. The van der Waals surface area contributed by atoms with E-state index in [0.717, 1.165) is 23.8 Å². The number of aryl methyl sites for hydroxylation is 1. The smallest absolute Gasteiger partial charge is 0.306 e. The lowest BCUT2D eigenvalue weighted by atomic mass is 10.0. The van der Waals surface area contributed by atoms with Crippen molar-refractivity contribution < 1.29 is 33.4 Å². The van der Waals surface area contributed by atoms with E-state index in [0.29, 0.717) is 11.6 Å². The van der Waals surface area contributed by atoms with Gasteiger partial charge < -0.3 is 39.2 Å². The summed E-state index contributed by atoms with van der Waals surface area (Å²) in [6, 6.07) is 10.8. The number of nitrogens with two attached hydrogens (primary N) is 1. The molecule has 4 aromatic rings. The number of nitrogens with zero attached hydrogens (tertiary/aromatic N) is 6. The van der Waals surface area contributed by atoms with Gasteiger partial charge in [0.2, 0.25) is 13.7 Å². The fraction of sp³-hybridized carbons (Fsp3) is 0.471. The summed E-state index contributed by atoms with van der Waals surface area (Å²) in [5, 5.41) is 10.9. The van der Waals surface area contributed by atoms with E-state index in [-0.39, 0.29) is 60.7 Å². The molecule has 0 amide bonds. The van der Waals surface area contributed by atoms with E-state index in [1.807, 2.05) is 6.07 Å². The minimum Gasteiger partial charge on any atom is -0.761 e. The van der Waals surface area contributed by atoms with Crippen molar-refractivity contribution in [3.05, 3.63) is 76.2 Å². The summed E-state index contributed by atoms with van der Waals surface area (Å²) < 4.78 is 31.8. The number of benzene rings is 1. The number of esters is 1. The third-order valence-corrected chi connectivity index (χ3v) is 10.8. The number of carbonyl (C=O) groups is 1. The normalized spacial score (nSPS) is 23.9. The lowest BCUT2D eigenvalue weighted by molar-refractivity contribution is -0.205. The molecular formula is C34H42N8O8P-. The van der Waals surface area contributed by atoms with Crippen LogP contribution in [0.15, 0.2) is 53.7 Å². The van der Waals surface area contributed by atoms with Gasteiger partial charge in [-0.1, -0.05) is 42.2 Å². The predicted molar refractivity (Wildman–Crippen MR) is 185 cm³/mol. The largest absolute Gasteiger partial charge is 0.761 e. The molecule has 6 rings (SSSR count). The number of carbonyl (C=O) groups excluding carboxylic acids is 1. The van der Waals surface area contributed by atoms with Crippen LogP contribution < -0.4 is 16.2 Å². The number of rotatable bonds is 11. The van der Waals surface area contributed by atoms with E-state index in [9.17, 15) is 24.2 Å². The zero-order valence-corrected chi connectivity index (χ0v) is 29.6. The van der Waals surface area contributed by atoms with E-state index >= 15 is 0 Å². The Bertz CT molecular complexity index is 2020. The van der Waals surface area contributed by atoms with Gasteiger partial charge in [0.25, 0.3) is 5.56 Å². The minimum absolute atomic E-state index is 0.0534. The third-order valence-electron chi connectivity index (χ3n) is 9.35. The number of nitrogen functional groups attached to an aromatic ring is 1. The van der Waals surface area contributed by atoms with Crippen molar-refractivity contribution in [3.63, 3.8) is 0 Å². The lowest BCUT2D eigenvalue weighted by Crippen LogP contribution is -2.57. The second-order valence-electron chi connectivity index (χ2n) is 13.0. The lowest BCUT2D eigenvalue weighted by Gasteiger charge is -2.43. The first kappa shape index (κ1) is 36.5. The maximum Gasteiger partial charge on any atom is 0.306 e. The van der Waals surface area contributed by atoms with Gasteiger partial charge in [-0.2, -0.15) is 4.98 Å². The van der Waals surface area contributed by atoms with Crippen LogP contribution in [0.2, 0.25) is 0 Å². The summed E-state index contributed by atoms with van der Waals surface area (Å²) in [4.78, 5) is 53.4. The number of aromatic nitrogens is 5. The Morgan fingerprint density at radius 2 is 1.94 bits per heavy atom. The van der Waals surface area contributed by atoms with Crippen LogP contribution >= 0.6 is 7.75 Å². The molecule has 6 atom stereocenters. The molecule has 1 aromatic carbocycles. The Morgan fingerprint density at radius 3 is 2.69 bits per heavy atom. The molecule has 0 aliphatic carbocycles. The highest BCUT2D eigenvalue weighted by Crippen LogP contribution is 2.41. The highest BCUT2D eigenvalue weighted by molar-refractivity contribution is 7.49. The number of H-pyrrole nitrogens is 1. The van der Waals surface area contributed by atoms with Crippen LogP contribution in [-0.2, 0) is 29.8 Å². The van der Waals surface area contributed by atoms with Crippen molar-refractivity contribution in [2.75, 3.05) is 46.1 Å². The van der Waals surface area contributed by atoms with Crippen molar-refractivity contribution in [3.8, 4) is 11.8 Å². The molecule has 3 aromatic heterocycles. The van der Waals surface area contributed by atoms with Crippen molar-refractivity contribution in [2.45, 2.75) is 63.1 Å². The Kier molecular flexibility index (Phi) is 11.1. The van der Waals surface area contributed by atoms with Gasteiger partial charge in [0, 0.05) is 50.6 Å². The summed E-state index contributed by atoms with van der Waals surface area (Å²) >= 11 is 0. The number of piperazine rings is 1. The topological polar surface area (TPSA) is 206 Å². The summed E-state index contributed by atoms with van der Waals surface area (Å²) in [5.41, 5.74) is 7.11. The van der Waals surface area contributed by atoms with Gasteiger partial charge in [-0.15, -0.1) is 0 Å². The van der Waals surface area contributed by atoms with Crippen LogP contribution in [0.3, 0.4) is 0 Å². The predicted octanol–water partition coefficient (Wildman–Crippen LogP) is 1.03. The number of aliphatic hydroxyl groups is 1. The minimum atomic E-state index is -4.53. The molecule has 4 N–H and O–H groups in total. The molecule has 4 unspecified atom stereocenters. The van der Waals surface area contributed by atoms with Gasteiger partial charge in [-0.05, 0) is 33.0 Å². The molecule has 0 saturated carbocycles. The van der Waals surface area contributed by atoms with Crippen LogP contribution in [0.25, 0.3) is 11.0 Å². The van der Waals surface area contributed by atoms with Crippen LogP contribution in [0.4, 0.5) is 5.95 Å². The average Bonchev–Trinajstić information content (AvgIpc) is 3.80. The number of ether oxygens (including phenoxy) is 2. The van der Waals surface area contributed by atoms with Crippen LogP contribution in [0.1, 0.15) is 42.4 Å². The maximum atomic E-state index is 12.9. The zero-order valence-electron chi connectivity index (χ0n) is 28.7. The number of aromatic amines is 1.